The second-order valence-electron chi connectivity index (χ2n) is 7.30. The quantitative estimate of drug-likeness (QED) is 0.864. The van der Waals surface area contributed by atoms with Gasteiger partial charge >= 0.3 is 0 Å². The van der Waals surface area contributed by atoms with Gasteiger partial charge in [-0.05, 0) is 31.7 Å². The fourth-order valence-electron chi connectivity index (χ4n) is 3.81. The number of carbonyl (C=O) groups excluding carboxylic acids is 1. The van der Waals surface area contributed by atoms with E-state index in [-0.39, 0.29) is 23.7 Å². The maximum absolute atomic E-state index is 12.6. The number of carbonyl (C=O) groups is 1. The summed E-state index contributed by atoms with van der Waals surface area (Å²) in [5.41, 5.74) is 1.33. The Kier molecular flexibility index (Phi) is 5.01. The van der Waals surface area contributed by atoms with E-state index >= 15 is 0 Å². The lowest BCUT2D eigenvalue weighted by atomic mass is 10.1. The number of aromatic nitrogens is 2. The number of hydrogen-bond acceptors (Lipinski definition) is 6. The number of ether oxygens (including phenoxy) is 1. The number of anilines is 1. The molecule has 0 saturated carbocycles. The summed E-state index contributed by atoms with van der Waals surface area (Å²) in [4.78, 5) is 37.8. The molecule has 1 saturated heterocycles. The van der Waals surface area contributed by atoms with Gasteiger partial charge in [0.1, 0.15) is 0 Å². The lowest BCUT2D eigenvalue weighted by molar-refractivity contribution is -0.131. The minimum atomic E-state index is -0.0906. The SMILES string of the molecule is CC1CN(c2nc3c(c(=O)[nH]2)CCN(C(=O)Cc2cccs2)C3)CC(C)O1. The molecular weight excluding hydrogens is 364 g/mol. The predicted molar refractivity (Wildman–Crippen MR) is 104 cm³/mol. The van der Waals surface area contributed by atoms with Crippen molar-refractivity contribution in [1.82, 2.24) is 14.9 Å². The van der Waals surface area contributed by atoms with Crippen molar-refractivity contribution in [1.29, 1.82) is 0 Å². The smallest absolute Gasteiger partial charge is 0.255 e. The molecular formula is C19H24N4O3S. The summed E-state index contributed by atoms with van der Waals surface area (Å²) in [6.45, 7) is 6.37. The largest absolute Gasteiger partial charge is 0.372 e. The average molecular weight is 388 g/mol. The molecule has 2 unspecified atom stereocenters. The molecule has 2 atom stereocenters. The van der Waals surface area contributed by atoms with Gasteiger partial charge in [0.25, 0.3) is 5.56 Å². The number of nitrogens with zero attached hydrogens (tertiary/aromatic N) is 3. The number of nitrogens with one attached hydrogen (secondary N) is 1. The number of thiophene rings is 1. The van der Waals surface area contributed by atoms with Crippen LogP contribution >= 0.6 is 11.3 Å². The molecule has 7 nitrogen and oxygen atoms in total. The number of rotatable bonds is 3. The third-order valence-electron chi connectivity index (χ3n) is 5.04. The van der Waals surface area contributed by atoms with E-state index < -0.39 is 0 Å². The summed E-state index contributed by atoms with van der Waals surface area (Å²) in [6, 6.07) is 3.93. The molecule has 4 rings (SSSR count). The van der Waals surface area contributed by atoms with Crippen molar-refractivity contribution in [2.75, 3.05) is 24.5 Å². The summed E-state index contributed by atoms with van der Waals surface area (Å²) in [6.07, 6.45) is 1.11. The van der Waals surface area contributed by atoms with Gasteiger partial charge in [-0.25, -0.2) is 4.98 Å². The molecule has 0 radical (unpaired) electrons. The number of morpholine rings is 1. The van der Waals surface area contributed by atoms with Crippen LogP contribution in [0.4, 0.5) is 5.95 Å². The first-order valence-electron chi connectivity index (χ1n) is 9.32. The van der Waals surface area contributed by atoms with E-state index in [1.54, 1.807) is 11.3 Å². The molecule has 1 N–H and O–H groups in total. The molecule has 2 aromatic rings. The Labute approximate surface area is 162 Å². The van der Waals surface area contributed by atoms with Crippen LogP contribution in [0, 0.1) is 0 Å². The van der Waals surface area contributed by atoms with Gasteiger partial charge in [0.15, 0.2) is 0 Å². The van der Waals surface area contributed by atoms with Crippen molar-refractivity contribution in [3.8, 4) is 0 Å². The molecule has 1 fully saturated rings. The lowest BCUT2D eigenvalue weighted by Crippen LogP contribution is -2.47. The van der Waals surface area contributed by atoms with E-state index in [1.165, 1.54) is 0 Å². The number of hydrogen-bond donors (Lipinski definition) is 1. The van der Waals surface area contributed by atoms with Crippen LogP contribution in [0.25, 0.3) is 0 Å². The number of H-pyrrole nitrogens is 1. The van der Waals surface area contributed by atoms with Crippen LogP contribution in [-0.2, 0) is 28.9 Å². The molecule has 1 amide bonds. The Morgan fingerprint density at radius 3 is 2.85 bits per heavy atom. The Morgan fingerprint density at radius 1 is 1.37 bits per heavy atom. The van der Waals surface area contributed by atoms with Crippen molar-refractivity contribution in [3.05, 3.63) is 44.0 Å². The van der Waals surface area contributed by atoms with Crippen LogP contribution in [0.3, 0.4) is 0 Å². The topological polar surface area (TPSA) is 78.5 Å². The molecule has 2 aliphatic rings. The zero-order valence-electron chi connectivity index (χ0n) is 15.6. The number of fused-ring (bicyclic) bond motifs is 1. The second kappa shape index (κ2) is 7.44. The normalized spacial score (nSPS) is 22.6. The van der Waals surface area contributed by atoms with E-state index in [1.807, 2.05) is 36.3 Å². The van der Waals surface area contributed by atoms with E-state index in [9.17, 15) is 9.59 Å². The number of amides is 1. The Morgan fingerprint density at radius 2 is 2.15 bits per heavy atom. The van der Waals surface area contributed by atoms with Gasteiger partial charge in [0, 0.05) is 30.1 Å². The van der Waals surface area contributed by atoms with Crippen LogP contribution < -0.4 is 10.5 Å². The molecule has 4 heterocycles. The van der Waals surface area contributed by atoms with Crippen molar-refractivity contribution >= 4 is 23.2 Å². The van der Waals surface area contributed by atoms with E-state index in [4.69, 9.17) is 9.72 Å². The highest BCUT2D eigenvalue weighted by molar-refractivity contribution is 7.10. The highest BCUT2D eigenvalue weighted by atomic mass is 32.1. The lowest BCUT2D eigenvalue weighted by Gasteiger charge is -2.36. The standard InChI is InChI=1S/C19H24N4O3S/c1-12-9-23(10-13(2)26-12)19-20-16-11-22(6-5-15(16)18(25)21-19)17(24)8-14-4-3-7-27-14/h3-4,7,12-13H,5-6,8-11H2,1-2H3,(H,20,21,25). The van der Waals surface area contributed by atoms with Crippen molar-refractivity contribution in [3.63, 3.8) is 0 Å². The Hall–Kier alpha value is -2.19. The summed E-state index contributed by atoms with van der Waals surface area (Å²) in [5, 5.41) is 1.98. The highest BCUT2D eigenvalue weighted by Crippen LogP contribution is 2.21. The Bertz CT molecular complexity index is 870. The first kappa shape index (κ1) is 18.2. The third kappa shape index (κ3) is 3.91. The zero-order chi connectivity index (χ0) is 19.0. The van der Waals surface area contributed by atoms with E-state index in [2.05, 4.69) is 9.88 Å². The maximum Gasteiger partial charge on any atom is 0.255 e. The first-order chi connectivity index (χ1) is 13.0. The van der Waals surface area contributed by atoms with Crippen LogP contribution in [0.1, 0.15) is 30.0 Å². The van der Waals surface area contributed by atoms with Gasteiger partial charge in [-0.15, -0.1) is 11.3 Å². The molecule has 144 valence electrons. The summed E-state index contributed by atoms with van der Waals surface area (Å²) >= 11 is 1.59. The van der Waals surface area contributed by atoms with Gasteiger partial charge < -0.3 is 14.5 Å². The predicted octanol–water partition coefficient (Wildman–Crippen LogP) is 1.57. The van der Waals surface area contributed by atoms with Crippen LogP contribution in [0.15, 0.2) is 22.3 Å². The van der Waals surface area contributed by atoms with Crippen molar-refractivity contribution in [2.24, 2.45) is 0 Å². The zero-order valence-corrected chi connectivity index (χ0v) is 16.4. The van der Waals surface area contributed by atoms with Crippen molar-refractivity contribution < 1.29 is 9.53 Å². The Balaban J connectivity index is 1.54. The minimum Gasteiger partial charge on any atom is -0.372 e. The second-order valence-corrected chi connectivity index (χ2v) is 8.33. The van der Waals surface area contributed by atoms with Gasteiger partial charge in [-0.1, -0.05) is 6.07 Å². The van der Waals surface area contributed by atoms with Gasteiger partial charge in [0.05, 0.1) is 30.9 Å². The highest BCUT2D eigenvalue weighted by Gasteiger charge is 2.28. The fraction of sp³-hybridized carbons (Fsp3) is 0.526. The van der Waals surface area contributed by atoms with Crippen LogP contribution in [0.5, 0.6) is 0 Å². The summed E-state index contributed by atoms with van der Waals surface area (Å²) in [7, 11) is 0. The van der Waals surface area contributed by atoms with Crippen LogP contribution in [-0.4, -0.2) is 52.6 Å². The third-order valence-corrected chi connectivity index (χ3v) is 5.91. The van der Waals surface area contributed by atoms with Crippen LogP contribution in [0.2, 0.25) is 0 Å². The van der Waals surface area contributed by atoms with Crippen molar-refractivity contribution in [2.45, 2.75) is 45.4 Å². The van der Waals surface area contributed by atoms with Gasteiger partial charge in [-0.3, -0.25) is 14.6 Å². The first-order valence-corrected chi connectivity index (χ1v) is 10.2. The van der Waals surface area contributed by atoms with E-state index in [0.29, 0.717) is 56.2 Å². The monoisotopic (exact) mass is 388 g/mol. The molecule has 27 heavy (non-hydrogen) atoms. The average Bonchev–Trinajstić information content (AvgIpc) is 3.13. The molecule has 2 aromatic heterocycles. The summed E-state index contributed by atoms with van der Waals surface area (Å²) in [5.74, 6) is 0.661. The summed E-state index contributed by atoms with van der Waals surface area (Å²) < 4.78 is 5.77. The molecule has 0 spiro atoms. The van der Waals surface area contributed by atoms with Gasteiger partial charge in [0.2, 0.25) is 11.9 Å². The maximum atomic E-state index is 12.6. The molecule has 2 aliphatic heterocycles. The molecule has 8 heteroatoms. The number of aromatic amines is 1. The minimum absolute atomic E-state index is 0.0824. The fourth-order valence-corrected chi connectivity index (χ4v) is 4.51. The van der Waals surface area contributed by atoms with Gasteiger partial charge in [-0.2, -0.15) is 0 Å². The molecule has 0 aromatic carbocycles. The molecule has 0 aliphatic carbocycles. The molecule has 0 bridgehead atoms. The van der Waals surface area contributed by atoms with E-state index in [0.717, 1.165) is 4.88 Å².